The molecule has 4 rings (SSSR count). The highest BCUT2D eigenvalue weighted by Gasteiger charge is 2.41. The second-order valence-corrected chi connectivity index (χ2v) is 7.63. The number of carbonyl (C=O) groups excluding carboxylic acids is 1. The smallest absolute Gasteiger partial charge is 0.434 e. The summed E-state index contributed by atoms with van der Waals surface area (Å²) in [6.07, 6.45) is -1.84. The van der Waals surface area contributed by atoms with E-state index in [0.29, 0.717) is 4.68 Å². The third kappa shape index (κ3) is 4.98. The van der Waals surface area contributed by atoms with Crippen LogP contribution in [0.4, 0.5) is 13.2 Å². The Morgan fingerprint density at radius 2 is 1.85 bits per heavy atom. The number of rotatable bonds is 7. The number of nitrogens with zero attached hydrogens (tertiary/aromatic N) is 5. The number of aromatic nitrogens is 4. The van der Waals surface area contributed by atoms with E-state index >= 15 is 0 Å². The Hall–Kier alpha value is -3.47. The summed E-state index contributed by atoms with van der Waals surface area (Å²) in [4.78, 5) is 15.1. The molecular weight excluding hydrogens is 437 g/mol. The number of carbonyl (C=O) groups is 1. The molecule has 0 bridgehead atoms. The standard InChI is InChI=1S/C22H23F3N6O2/c1-33-19-10-9-18(28-29-19)31-20(22(23,24)25)16(13-27-31)21(32)26-14-17(30-11-5-6-12-30)15-7-3-2-4-8-15/h2-4,7-10,13,17H,5-6,11-12,14H2,1H3,(H,26,32). The van der Waals surface area contributed by atoms with E-state index in [-0.39, 0.29) is 24.3 Å². The van der Waals surface area contributed by atoms with Crippen molar-refractivity contribution in [2.24, 2.45) is 0 Å². The lowest BCUT2D eigenvalue weighted by Crippen LogP contribution is -2.37. The fraction of sp³-hybridized carbons (Fsp3) is 0.364. The maximum absolute atomic E-state index is 13.9. The lowest BCUT2D eigenvalue weighted by atomic mass is 10.1. The number of hydrogen-bond donors (Lipinski definition) is 1. The number of likely N-dealkylation sites (tertiary alicyclic amines) is 1. The third-order valence-corrected chi connectivity index (χ3v) is 5.56. The van der Waals surface area contributed by atoms with Gasteiger partial charge in [0, 0.05) is 12.6 Å². The van der Waals surface area contributed by atoms with Gasteiger partial charge in [0.05, 0.1) is 24.9 Å². The van der Waals surface area contributed by atoms with E-state index in [1.807, 2.05) is 30.3 Å². The van der Waals surface area contributed by atoms with Crippen molar-refractivity contribution in [3.63, 3.8) is 0 Å². The Kier molecular flexibility index (Phi) is 6.59. The van der Waals surface area contributed by atoms with Crippen molar-refractivity contribution in [3.05, 3.63) is 65.5 Å². The monoisotopic (exact) mass is 460 g/mol. The average Bonchev–Trinajstić information content (AvgIpc) is 3.50. The predicted octanol–water partition coefficient (Wildman–Crippen LogP) is 3.26. The van der Waals surface area contributed by atoms with Crippen molar-refractivity contribution >= 4 is 5.91 Å². The molecule has 1 N–H and O–H groups in total. The first-order valence-corrected chi connectivity index (χ1v) is 10.5. The molecule has 174 valence electrons. The zero-order chi connectivity index (χ0) is 23.4. The number of alkyl halides is 3. The fourth-order valence-electron chi connectivity index (χ4n) is 3.97. The number of benzene rings is 1. The van der Waals surface area contributed by atoms with Crippen molar-refractivity contribution in [2.75, 3.05) is 26.7 Å². The minimum Gasteiger partial charge on any atom is -0.480 e. The number of methoxy groups -OCH3 is 1. The van der Waals surface area contributed by atoms with Gasteiger partial charge in [0.25, 0.3) is 5.91 Å². The molecule has 1 amide bonds. The van der Waals surface area contributed by atoms with Crippen LogP contribution >= 0.6 is 0 Å². The molecule has 1 aromatic carbocycles. The predicted molar refractivity (Wildman–Crippen MR) is 113 cm³/mol. The Bertz CT molecular complexity index is 1080. The summed E-state index contributed by atoms with van der Waals surface area (Å²) in [5, 5.41) is 13.9. The molecule has 33 heavy (non-hydrogen) atoms. The van der Waals surface area contributed by atoms with Crippen LogP contribution in [0.1, 0.15) is 40.5 Å². The van der Waals surface area contributed by atoms with Crippen molar-refractivity contribution in [3.8, 4) is 11.7 Å². The first-order valence-electron chi connectivity index (χ1n) is 10.5. The van der Waals surface area contributed by atoms with Gasteiger partial charge in [-0.15, -0.1) is 10.2 Å². The van der Waals surface area contributed by atoms with Crippen LogP contribution in [0.5, 0.6) is 5.88 Å². The molecule has 1 aliphatic rings. The molecule has 0 aliphatic carbocycles. The van der Waals surface area contributed by atoms with Crippen LogP contribution in [-0.2, 0) is 6.18 Å². The number of nitrogens with one attached hydrogen (secondary N) is 1. The molecule has 3 aromatic rings. The van der Waals surface area contributed by atoms with Gasteiger partial charge in [0.15, 0.2) is 11.5 Å². The van der Waals surface area contributed by atoms with E-state index in [4.69, 9.17) is 4.74 Å². The van der Waals surface area contributed by atoms with Crippen LogP contribution in [0.3, 0.4) is 0 Å². The Labute approximate surface area is 188 Å². The fourth-order valence-corrected chi connectivity index (χ4v) is 3.97. The Morgan fingerprint density at radius 1 is 1.12 bits per heavy atom. The summed E-state index contributed by atoms with van der Waals surface area (Å²) in [5.74, 6) is -0.886. The lowest BCUT2D eigenvalue weighted by Gasteiger charge is -2.28. The maximum Gasteiger partial charge on any atom is 0.434 e. The van der Waals surface area contributed by atoms with Gasteiger partial charge in [-0.05, 0) is 37.6 Å². The SMILES string of the molecule is COc1ccc(-n2ncc(C(=O)NCC(c3ccccc3)N3CCCC3)c2C(F)(F)F)nn1. The second kappa shape index (κ2) is 9.57. The molecule has 0 radical (unpaired) electrons. The molecule has 1 saturated heterocycles. The maximum atomic E-state index is 13.9. The highest BCUT2D eigenvalue weighted by molar-refractivity contribution is 5.95. The molecule has 8 nitrogen and oxygen atoms in total. The largest absolute Gasteiger partial charge is 0.480 e. The molecular formula is C22H23F3N6O2. The summed E-state index contributed by atoms with van der Waals surface area (Å²) in [6, 6.07) is 12.1. The minimum atomic E-state index is -4.83. The van der Waals surface area contributed by atoms with Crippen LogP contribution in [0.15, 0.2) is 48.7 Å². The molecule has 0 saturated carbocycles. The van der Waals surface area contributed by atoms with Crippen molar-refractivity contribution in [1.82, 2.24) is 30.2 Å². The first kappa shape index (κ1) is 22.7. The molecule has 11 heteroatoms. The van der Waals surface area contributed by atoms with Crippen LogP contribution in [-0.4, -0.2) is 57.5 Å². The highest BCUT2D eigenvalue weighted by Crippen LogP contribution is 2.33. The van der Waals surface area contributed by atoms with Gasteiger partial charge in [-0.2, -0.15) is 18.3 Å². The van der Waals surface area contributed by atoms with E-state index in [1.165, 1.54) is 19.2 Å². The molecule has 2 aromatic heterocycles. The summed E-state index contributed by atoms with van der Waals surface area (Å²) in [6.45, 7) is 1.92. The zero-order valence-corrected chi connectivity index (χ0v) is 17.9. The molecule has 3 heterocycles. The van der Waals surface area contributed by atoms with Gasteiger partial charge in [0.2, 0.25) is 5.88 Å². The average molecular weight is 460 g/mol. The zero-order valence-electron chi connectivity index (χ0n) is 17.9. The van der Waals surface area contributed by atoms with Crippen molar-refractivity contribution < 1.29 is 22.7 Å². The quantitative estimate of drug-likeness (QED) is 0.583. The summed E-state index contributed by atoms with van der Waals surface area (Å²) in [5.41, 5.74) is -0.787. The van der Waals surface area contributed by atoms with Gasteiger partial charge >= 0.3 is 6.18 Å². The normalized spacial score (nSPS) is 15.4. The minimum absolute atomic E-state index is 0.130. The number of halogens is 3. The molecule has 0 spiro atoms. The van der Waals surface area contributed by atoms with E-state index in [1.54, 1.807) is 0 Å². The highest BCUT2D eigenvalue weighted by atomic mass is 19.4. The first-order chi connectivity index (χ1) is 15.9. The molecule has 1 unspecified atom stereocenters. The van der Waals surface area contributed by atoms with Gasteiger partial charge in [0.1, 0.15) is 0 Å². The van der Waals surface area contributed by atoms with Crippen molar-refractivity contribution in [2.45, 2.75) is 25.1 Å². The van der Waals surface area contributed by atoms with Crippen LogP contribution in [0, 0.1) is 0 Å². The van der Waals surface area contributed by atoms with E-state index in [9.17, 15) is 18.0 Å². The topological polar surface area (TPSA) is 85.2 Å². The van der Waals surface area contributed by atoms with Crippen LogP contribution < -0.4 is 10.1 Å². The number of ether oxygens (including phenoxy) is 1. The van der Waals surface area contributed by atoms with E-state index in [0.717, 1.165) is 37.7 Å². The van der Waals surface area contributed by atoms with E-state index < -0.39 is 23.3 Å². The summed E-state index contributed by atoms with van der Waals surface area (Å²) in [7, 11) is 1.37. The van der Waals surface area contributed by atoms with Gasteiger partial charge in [-0.3, -0.25) is 9.69 Å². The number of amides is 1. The Morgan fingerprint density at radius 3 is 2.45 bits per heavy atom. The number of hydrogen-bond acceptors (Lipinski definition) is 6. The molecule has 1 fully saturated rings. The lowest BCUT2D eigenvalue weighted by molar-refractivity contribution is -0.143. The Balaban J connectivity index is 1.59. The van der Waals surface area contributed by atoms with Gasteiger partial charge in [-0.1, -0.05) is 30.3 Å². The van der Waals surface area contributed by atoms with Crippen molar-refractivity contribution in [1.29, 1.82) is 0 Å². The van der Waals surface area contributed by atoms with E-state index in [2.05, 4.69) is 25.5 Å². The van der Waals surface area contributed by atoms with Gasteiger partial charge in [-0.25, -0.2) is 4.68 Å². The molecule has 1 atom stereocenters. The van der Waals surface area contributed by atoms with Gasteiger partial charge < -0.3 is 10.1 Å². The molecule has 1 aliphatic heterocycles. The van der Waals surface area contributed by atoms with Crippen LogP contribution in [0.2, 0.25) is 0 Å². The third-order valence-electron chi connectivity index (χ3n) is 5.56. The van der Waals surface area contributed by atoms with Crippen LogP contribution in [0.25, 0.3) is 5.82 Å². The summed E-state index contributed by atoms with van der Waals surface area (Å²) >= 11 is 0. The summed E-state index contributed by atoms with van der Waals surface area (Å²) < 4.78 is 47.2. The second-order valence-electron chi connectivity index (χ2n) is 7.63.